The van der Waals surface area contributed by atoms with Crippen LogP contribution in [-0.2, 0) is 34.6 Å². The number of ether oxygens (including phenoxy) is 4. The van der Waals surface area contributed by atoms with E-state index in [1.807, 2.05) is 26.1 Å². The Hall–Kier alpha value is -3.50. The highest BCUT2D eigenvalue weighted by molar-refractivity contribution is 7.81. The Kier molecular flexibility index (Phi) is 10.2. The standard InChI is InChI=1S/C23H24O12S2/c1-5-30-19-9-7-17(15-21(19)32-11-13-34-36(24,25)26)23(3,4)18-8-10-20(31-6-2)22(16-18)33-12-14-35-37(27,28)29/h1-2,7-10,15-16H,11-14H2,3-4H3,(H,24,25,26)(H,27,28,29). The van der Waals surface area contributed by atoms with Crippen LogP contribution in [0.25, 0.3) is 0 Å². The molecule has 0 bridgehead atoms. The van der Waals surface area contributed by atoms with Crippen LogP contribution < -0.4 is 18.9 Å². The van der Waals surface area contributed by atoms with Gasteiger partial charge in [0.15, 0.2) is 23.0 Å². The van der Waals surface area contributed by atoms with Crippen molar-refractivity contribution in [3.05, 3.63) is 47.5 Å². The molecular weight excluding hydrogens is 532 g/mol. The molecule has 12 nitrogen and oxygen atoms in total. The highest BCUT2D eigenvalue weighted by Gasteiger charge is 2.26. The van der Waals surface area contributed by atoms with E-state index in [1.165, 1.54) is 0 Å². The summed E-state index contributed by atoms with van der Waals surface area (Å²) in [6.07, 6.45) is 14.5. The summed E-state index contributed by atoms with van der Waals surface area (Å²) in [5, 5.41) is 0. The average Bonchev–Trinajstić information content (AvgIpc) is 2.80. The second-order valence-corrected chi connectivity index (χ2v) is 9.77. The van der Waals surface area contributed by atoms with Crippen molar-refractivity contribution in [1.29, 1.82) is 0 Å². The van der Waals surface area contributed by atoms with E-state index in [1.54, 1.807) is 36.4 Å². The van der Waals surface area contributed by atoms with Crippen molar-refractivity contribution in [2.75, 3.05) is 26.4 Å². The van der Waals surface area contributed by atoms with Crippen LogP contribution in [0.15, 0.2) is 36.4 Å². The molecule has 0 aromatic heterocycles. The number of terminal acetylenes is 2. The van der Waals surface area contributed by atoms with E-state index in [4.69, 9.17) is 40.9 Å². The zero-order valence-electron chi connectivity index (χ0n) is 19.7. The molecule has 2 N–H and O–H groups in total. The molecule has 0 fully saturated rings. The SMILES string of the molecule is C#COc1ccc(C(C)(C)c2ccc(OC#C)c(OCCOS(=O)(=O)O)c2)cc1OCCOS(=O)(=O)O. The predicted octanol–water partition coefficient (Wildman–Crippen LogP) is 2.35. The van der Waals surface area contributed by atoms with Crippen molar-refractivity contribution >= 4 is 20.8 Å². The lowest BCUT2D eigenvalue weighted by atomic mass is 9.78. The lowest BCUT2D eigenvalue weighted by Crippen LogP contribution is -2.20. The summed E-state index contributed by atoms with van der Waals surface area (Å²) < 4.78 is 90.1. The number of hydrogen-bond acceptors (Lipinski definition) is 10. The second-order valence-electron chi connectivity index (χ2n) is 7.58. The molecular formula is C23H24O12S2. The Labute approximate surface area is 215 Å². The zero-order valence-corrected chi connectivity index (χ0v) is 21.4. The Morgan fingerprint density at radius 2 is 1.08 bits per heavy atom. The largest absolute Gasteiger partial charge is 0.487 e. The molecule has 0 saturated carbocycles. The van der Waals surface area contributed by atoms with E-state index in [0.29, 0.717) is 11.1 Å². The fraction of sp³-hybridized carbons (Fsp3) is 0.304. The van der Waals surface area contributed by atoms with Gasteiger partial charge in [-0.25, -0.2) is 8.37 Å². The van der Waals surface area contributed by atoms with Crippen LogP contribution in [0, 0.1) is 25.1 Å². The number of hydrogen-bond donors (Lipinski definition) is 2. The second kappa shape index (κ2) is 12.6. The molecule has 0 heterocycles. The van der Waals surface area contributed by atoms with Crippen LogP contribution in [0.1, 0.15) is 25.0 Å². The third kappa shape index (κ3) is 9.47. The maximum Gasteiger partial charge on any atom is 0.397 e. The molecule has 0 radical (unpaired) electrons. The highest BCUT2D eigenvalue weighted by atomic mass is 32.3. The smallest absolute Gasteiger partial charge is 0.397 e. The normalized spacial score (nSPS) is 11.7. The summed E-state index contributed by atoms with van der Waals surface area (Å²) in [7, 11) is -9.24. The van der Waals surface area contributed by atoms with E-state index < -0.39 is 39.4 Å². The predicted molar refractivity (Wildman–Crippen MR) is 130 cm³/mol. The van der Waals surface area contributed by atoms with Gasteiger partial charge in [0.2, 0.25) is 0 Å². The molecule has 0 unspecified atom stereocenters. The van der Waals surface area contributed by atoms with Crippen molar-refractivity contribution in [2.45, 2.75) is 19.3 Å². The lowest BCUT2D eigenvalue weighted by Gasteiger charge is -2.28. The van der Waals surface area contributed by atoms with Gasteiger partial charge in [0.05, 0.1) is 0 Å². The van der Waals surface area contributed by atoms with E-state index >= 15 is 0 Å². The molecule has 2 aromatic carbocycles. The first-order chi connectivity index (χ1) is 17.3. The van der Waals surface area contributed by atoms with Gasteiger partial charge in [0.25, 0.3) is 0 Å². The minimum atomic E-state index is -4.62. The number of rotatable bonds is 14. The van der Waals surface area contributed by atoms with Crippen LogP contribution in [0.5, 0.6) is 23.0 Å². The molecule has 2 rings (SSSR count). The quantitative estimate of drug-likeness (QED) is 0.199. The van der Waals surface area contributed by atoms with Gasteiger partial charge in [-0.3, -0.25) is 9.11 Å². The summed E-state index contributed by atoms with van der Waals surface area (Å²) in [6.45, 7) is 2.37. The van der Waals surface area contributed by atoms with Crippen LogP contribution in [0.2, 0.25) is 0 Å². The highest BCUT2D eigenvalue weighted by Crippen LogP contribution is 2.40. The van der Waals surface area contributed by atoms with Crippen molar-refractivity contribution in [3.8, 4) is 48.1 Å². The molecule has 2 aromatic rings. The van der Waals surface area contributed by atoms with Gasteiger partial charge in [0, 0.05) is 5.41 Å². The summed E-state index contributed by atoms with van der Waals surface area (Å²) >= 11 is 0. The first kappa shape index (κ1) is 29.7. The Bertz CT molecular complexity index is 1280. The Balaban J connectivity index is 2.33. The Morgan fingerprint density at radius 3 is 1.41 bits per heavy atom. The minimum absolute atomic E-state index is 0.189. The van der Waals surface area contributed by atoms with E-state index in [-0.39, 0.29) is 36.2 Å². The van der Waals surface area contributed by atoms with Crippen LogP contribution in [0.4, 0.5) is 0 Å². The van der Waals surface area contributed by atoms with Crippen molar-refractivity contribution in [2.24, 2.45) is 0 Å². The van der Waals surface area contributed by atoms with E-state index in [2.05, 4.69) is 8.37 Å². The number of benzene rings is 2. The summed E-state index contributed by atoms with van der Waals surface area (Å²) in [6, 6.07) is 9.87. The van der Waals surface area contributed by atoms with Gasteiger partial charge in [0.1, 0.15) is 38.6 Å². The molecule has 0 aliphatic carbocycles. The van der Waals surface area contributed by atoms with Gasteiger partial charge in [-0.1, -0.05) is 38.8 Å². The molecule has 0 aliphatic rings. The van der Waals surface area contributed by atoms with Crippen LogP contribution >= 0.6 is 0 Å². The first-order valence-electron chi connectivity index (χ1n) is 10.3. The molecule has 0 saturated heterocycles. The maximum absolute atomic E-state index is 10.7. The molecule has 37 heavy (non-hydrogen) atoms. The molecule has 0 aliphatic heterocycles. The van der Waals surface area contributed by atoms with Gasteiger partial charge >= 0.3 is 20.8 Å². The van der Waals surface area contributed by atoms with Crippen molar-refractivity contribution < 1.29 is 53.3 Å². The maximum atomic E-state index is 10.7. The molecule has 200 valence electrons. The van der Waals surface area contributed by atoms with Crippen LogP contribution in [0.3, 0.4) is 0 Å². The van der Waals surface area contributed by atoms with E-state index in [0.717, 1.165) is 0 Å². The van der Waals surface area contributed by atoms with Gasteiger partial charge in [-0.15, -0.1) is 0 Å². The molecule has 0 atom stereocenters. The van der Waals surface area contributed by atoms with Gasteiger partial charge < -0.3 is 18.9 Å². The monoisotopic (exact) mass is 556 g/mol. The van der Waals surface area contributed by atoms with E-state index in [9.17, 15) is 16.8 Å². The van der Waals surface area contributed by atoms with Gasteiger partial charge in [-0.05, 0) is 35.4 Å². The lowest BCUT2D eigenvalue weighted by molar-refractivity contribution is 0.198. The minimum Gasteiger partial charge on any atom is -0.487 e. The average molecular weight is 557 g/mol. The third-order valence-corrected chi connectivity index (χ3v) is 5.74. The first-order valence-corrected chi connectivity index (χ1v) is 13.0. The fourth-order valence-corrected chi connectivity index (χ4v) is 3.62. The molecule has 0 spiro atoms. The summed E-state index contributed by atoms with van der Waals surface area (Å²) in [4.78, 5) is 0. The van der Waals surface area contributed by atoms with Gasteiger partial charge in [-0.2, -0.15) is 16.8 Å². The Morgan fingerprint density at radius 1 is 0.703 bits per heavy atom. The molecule has 14 heteroatoms. The fourth-order valence-electron chi connectivity index (χ4n) is 3.06. The van der Waals surface area contributed by atoms with Crippen molar-refractivity contribution in [3.63, 3.8) is 0 Å². The summed E-state index contributed by atoms with van der Waals surface area (Å²) in [5.41, 5.74) is 0.734. The topological polar surface area (TPSA) is 164 Å². The zero-order chi connectivity index (χ0) is 27.7. The van der Waals surface area contributed by atoms with Crippen molar-refractivity contribution in [1.82, 2.24) is 0 Å². The molecule has 0 amide bonds. The summed E-state index contributed by atoms with van der Waals surface area (Å²) in [5.74, 6) is 0.756. The van der Waals surface area contributed by atoms with Crippen LogP contribution in [-0.4, -0.2) is 52.4 Å². The third-order valence-electron chi connectivity index (χ3n) is 4.81.